The van der Waals surface area contributed by atoms with Crippen LogP contribution in [0.15, 0.2) is 36.7 Å². The molecule has 2 aliphatic heterocycles. The molecule has 4 N–H and O–H groups in total. The molecule has 3 aromatic rings. The maximum atomic E-state index is 12.8. The van der Waals surface area contributed by atoms with Gasteiger partial charge in [-0.05, 0) is 42.9 Å². The van der Waals surface area contributed by atoms with Crippen LogP contribution in [0.3, 0.4) is 0 Å². The highest BCUT2D eigenvalue weighted by Crippen LogP contribution is 2.37. The minimum absolute atomic E-state index is 0.0816. The molecule has 32 heavy (non-hydrogen) atoms. The number of fused-ring (bicyclic) bond motifs is 1. The Morgan fingerprint density at radius 2 is 2.12 bits per heavy atom. The van der Waals surface area contributed by atoms with Crippen molar-refractivity contribution in [3.63, 3.8) is 0 Å². The number of aromatic nitrogens is 4. The molecule has 0 bridgehead atoms. The lowest BCUT2D eigenvalue weighted by atomic mass is 9.89. The first-order chi connectivity index (χ1) is 15.4. The second kappa shape index (κ2) is 8.02. The predicted molar refractivity (Wildman–Crippen MR) is 124 cm³/mol. The summed E-state index contributed by atoms with van der Waals surface area (Å²) < 4.78 is 2.10. The number of anilines is 1. The Morgan fingerprint density at radius 3 is 2.94 bits per heavy atom. The highest BCUT2D eigenvalue weighted by atomic mass is 16.2. The minimum Gasteiger partial charge on any atom is -0.382 e. The number of nitrogens with two attached hydrogens (primary N) is 1. The molecule has 1 fully saturated rings. The van der Waals surface area contributed by atoms with Crippen molar-refractivity contribution in [2.45, 2.75) is 45.7 Å². The van der Waals surface area contributed by atoms with Crippen LogP contribution in [0, 0.1) is 5.41 Å². The largest absolute Gasteiger partial charge is 0.382 e. The van der Waals surface area contributed by atoms with Gasteiger partial charge in [-0.2, -0.15) is 5.10 Å². The Hall–Kier alpha value is -3.26. The van der Waals surface area contributed by atoms with E-state index in [2.05, 4.69) is 56.4 Å². The molecule has 2 aromatic heterocycles. The van der Waals surface area contributed by atoms with Crippen LogP contribution >= 0.6 is 0 Å². The normalized spacial score (nSPS) is 19.5. The summed E-state index contributed by atoms with van der Waals surface area (Å²) in [5, 5.41) is 10.9. The highest BCUT2D eigenvalue weighted by Gasteiger charge is 2.31. The van der Waals surface area contributed by atoms with Crippen LogP contribution < -0.4 is 16.4 Å². The van der Waals surface area contributed by atoms with E-state index >= 15 is 0 Å². The topological polar surface area (TPSA) is 111 Å². The summed E-state index contributed by atoms with van der Waals surface area (Å²) >= 11 is 0. The standard InChI is InChI=1S/C24H29N7O/c1-24(2)10-20-18(12-28-31(20)14-24)15-5-3-6-16(9-15)19-13-27-22(25)21(30-19)23(32)29-17-7-4-8-26-11-17/h3,5-6,9,12-13,17,26H,4,7-8,10-11,14H2,1-2H3,(H2,25,27)(H,29,32)/t17-/m0/s1. The summed E-state index contributed by atoms with van der Waals surface area (Å²) in [6.45, 7) is 7.20. The molecule has 0 aliphatic carbocycles. The third-order valence-electron chi connectivity index (χ3n) is 6.29. The number of rotatable bonds is 4. The quantitative estimate of drug-likeness (QED) is 0.586. The average molecular weight is 432 g/mol. The van der Waals surface area contributed by atoms with Gasteiger partial charge in [-0.3, -0.25) is 9.48 Å². The van der Waals surface area contributed by atoms with E-state index in [1.807, 2.05) is 18.3 Å². The fourth-order valence-corrected chi connectivity index (χ4v) is 4.67. The van der Waals surface area contributed by atoms with Gasteiger partial charge < -0.3 is 16.4 Å². The lowest BCUT2D eigenvalue weighted by Gasteiger charge is -2.23. The van der Waals surface area contributed by atoms with Crippen molar-refractivity contribution in [2.75, 3.05) is 18.8 Å². The molecule has 8 heteroatoms. The maximum absolute atomic E-state index is 12.8. The Labute approximate surface area is 187 Å². The molecular weight excluding hydrogens is 402 g/mol. The van der Waals surface area contributed by atoms with Crippen molar-refractivity contribution in [2.24, 2.45) is 5.41 Å². The second-order valence-electron chi connectivity index (χ2n) is 9.59. The number of hydrogen-bond donors (Lipinski definition) is 3. The predicted octanol–water partition coefficient (Wildman–Crippen LogP) is 2.65. The number of piperidine rings is 1. The van der Waals surface area contributed by atoms with Crippen molar-refractivity contribution in [1.82, 2.24) is 30.4 Å². The van der Waals surface area contributed by atoms with Gasteiger partial charge in [0.05, 0.1) is 18.1 Å². The lowest BCUT2D eigenvalue weighted by Crippen LogP contribution is -2.46. The third kappa shape index (κ3) is 3.98. The van der Waals surface area contributed by atoms with Gasteiger partial charge in [-0.15, -0.1) is 0 Å². The zero-order valence-electron chi connectivity index (χ0n) is 18.6. The summed E-state index contributed by atoms with van der Waals surface area (Å²) in [6.07, 6.45) is 6.54. The second-order valence-corrected chi connectivity index (χ2v) is 9.59. The molecule has 8 nitrogen and oxygen atoms in total. The molecule has 1 atom stereocenters. The number of amides is 1. The van der Waals surface area contributed by atoms with Crippen LogP contribution in [0.1, 0.15) is 42.9 Å². The van der Waals surface area contributed by atoms with Crippen LogP contribution in [0.4, 0.5) is 5.82 Å². The van der Waals surface area contributed by atoms with Crippen molar-refractivity contribution in [1.29, 1.82) is 0 Å². The van der Waals surface area contributed by atoms with E-state index in [1.54, 1.807) is 6.20 Å². The van der Waals surface area contributed by atoms with Gasteiger partial charge in [0.25, 0.3) is 5.91 Å². The van der Waals surface area contributed by atoms with E-state index in [0.717, 1.165) is 55.6 Å². The fourth-order valence-electron chi connectivity index (χ4n) is 4.67. The summed E-state index contributed by atoms with van der Waals surface area (Å²) in [4.78, 5) is 21.7. The first-order valence-corrected chi connectivity index (χ1v) is 11.2. The van der Waals surface area contributed by atoms with Gasteiger partial charge in [-0.25, -0.2) is 9.97 Å². The smallest absolute Gasteiger partial charge is 0.274 e. The number of benzene rings is 1. The molecule has 5 rings (SSSR count). The van der Waals surface area contributed by atoms with Gasteiger partial charge >= 0.3 is 0 Å². The van der Waals surface area contributed by atoms with Gasteiger partial charge in [0.1, 0.15) is 0 Å². The van der Waals surface area contributed by atoms with E-state index in [0.29, 0.717) is 5.69 Å². The van der Waals surface area contributed by atoms with Gasteiger partial charge in [-0.1, -0.05) is 32.0 Å². The van der Waals surface area contributed by atoms with Crippen LogP contribution in [-0.4, -0.2) is 44.8 Å². The maximum Gasteiger partial charge on any atom is 0.274 e. The zero-order chi connectivity index (χ0) is 22.3. The van der Waals surface area contributed by atoms with Crippen molar-refractivity contribution < 1.29 is 4.79 Å². The number of carbonyl (C=O) groups excluding carboxylic acids is 1. The lowest BCUT2D eigenvalue weighted by molar-refractivity contribution is 0.0926. The van der Waals surface area contributed by atoms with Crippen LogP contribution in [0.5, 0.6) is 0 Å². The third-order valence-corrected chi connectivity index (χ3v) is 6.29. The van der Waals surface area contributed by atoms with Crippen LogP contribution in [0.2, 0.25) is 0 Å². The first kappa shape index (κ1) is 20.6. The summed E-state index contributed by atoms with van der Waals surface area (Å²) in [5.41, 5.74) is 11.4. The average Bonchev–Trinajstić information content (AvgIpc) is 3.29. The van der Waals surface area contributed by atoms with E-state index in [1.165, 1.54) is 5.69 Å². The molecule has 0 spiro atoms. The number of nitrogens with one attached hydrogen (secondary N) is 2. The van der Waals surface area contributed by atoms with E-state index < -0.39 is 0 Å². The monoisotopic (exact) mass is 431 g/mol. The molecule has 2 aliphatic rings. The molecule has 4 heterocycles. The SMILES string of the molecule is CC1(C)Cc2c(-c3cccc(-c4cnc(N)c(C(=O)N[C@H]5CCCNC5)n4)c3)cnn2C1. The number of carbonyl (C=O) groups is 1. The Morgan fingerprint density at radius 1 is 1.28 bits per heavy atom. The highest BCUT2D eigenvalue weighted by molar-refractivity contribution is 5.97. The summed E-state index contributed by atoms with van der Waals surface area (Å²) in [7, 11) is 0. The molecular formula is C24H29N7O. The van der Waals surface area contributed by atoms with Gasteiger partial charge in [0, 0.05) is 36.0 Å². The van der Waals surface area contributed by atoms with Crippen molar-refractivity contribution in [3.8, 4) is 22.4 Å². The van der Waals surface area contributed by atoms with E-state index in [4.69, 9.17) is 5.73 Å². The fraction of sp³-hybridized carbons (Fsp3) is 0.417. The minimum atomic E-state index is -0.279. The number of nitrogens with zero attached hydrogens (tertiary/aromatic N) is 4. The zero-order valence-corrected chi connectivity index (χ0v) is 18.6. The molecule has 166 valence electrons. The van der Waals surface area contributed by atoms with Crippen molar-refractivity contribution >= 4 is 11.7 Å². The van der Waals surface area contributed by atoms with Gasteiger partial charge in [0.15, 0.2) is 11.5 Å². The first-order valence-electron chi connectivity index (χ1n) is 11.2. The van der Waals surface area contributed by atoms with E-state index in [9.17, 15) is 4.79 Å². The molecule has 0 saturated carbocycles. The molecule has 1 saturated heterocycles. The Balaban J connectivity index is 1.43. The Bertz CT molecular complexity index is 1160. The van der Waals surface area contributed by atoms with Gasteiger partial charge in [0.2, 0.25) is 0 Å². The Kier molecular flexibility index (Phi) is 5.17. The summed E-state index contributed by atoms with van der Waals surface area (Å²) in [5.74, 6) is -0.138. The van der Waals surface area contributed by atoms with E-state index in [-0.39, 0.29) is 28.9 Å². The molecule has 0 radical (unpaired) electrons. The van der Waals surface area contributed by atoms with Crippen molar-refractivity contribution in [3.05, 3.63) is 48.0 Å². The van der Waals surface area contributed by atoms with Crippen LogP contribution in [0.25, 0.3) is 22.4 Å². The molecule has 1 amide bonds. The molecule has 0 unspecified atom stereocenters. The van der Waals surface area contributed by atoms with Crippen LogP contribution in [-0.2, 0) is 13.0 Å². The number of hydrogen-bond acceptors (Lipinski definition) is 6. The summed E-state index contributed by atoms with van der Waals surface area (Å²) in [6, 6.07) is 8.22. The number of nitrogen functional groups attached to an aromatic ring is 1. The molecule has 1 aromatic carbocycles.